The predicted molar refractivity (Wildman–Crippen MR) is 75.6 cm³/mol. The van der Waals surface area contributed by atoms with E-state index in [0.29, 0.717) is 18.7 Å². The normalized spacial score (nSPS) is 17.4. The van der Waals surface area contributed by atoms with Crippen molar-refractivity contribution < 1.29 is 9.59 Å². The fraction of sp³-hybridized carbons (Fsp3) is 0.308. The largest absolute Gasteiger partial charge is 0.359 e. The van der Waals surface area contributed by atoms with Gasteiger partial charge in [-0.3, -0.25) is 9.59 Å². The Labute approximate surface area is 119 Å². The summed E-state index contributed by atoms with van der Waals surface area (Å²) in [5.74, 6) is 0.541. The number of carbonyl (C=O) groups excluding carboxylic acids is 2. The predicted octanol–water partition coefficient (Wildman–Crippen LogP) is 1.03. The molecule has 3 heterocycles. The average Bonchev–Trinajstić information content (AvgIpc) is 3.09. The Morgan fingerprint density at radius 3 is 3.20 bits per heavy atom. The van der Waals surface area contributed by atoms with Gasteiger partial charge in [0.1, 0.15) is 11.5 Å². The molecule has 7 heteroatoms. The van der Waals surface area contributed by atoms with Crippen LogP contribution in [0.15, 0.2) is 23.0 Å². The van der Waals surface area contributed by atoms with E-state index < -0.39 is 0 Å². The number of carbonyl (C=O) groups is 2. The minimum absolute atomic E-state index is 0.0536. The van der Waals surface area contributed by atoms with E-state index in [2.05, 4.69) is 15.6 Å². The van der Waals surface area contributed by atoms with Gasteiger partial charge in [-0.05, 0) is 11.4 Å². The van der Waals surface area contributed by atoms with Crippen LogP contribution in [-0.2, 0) is 4.79 Å². The lowest BCUT2D eigenvalue weighted by Crippen LogP contribution is -2.40. The van der Waals surface area contributed by atoms with Crippen LogP contribution in [0.4, 0.5) is 0 Å². The summed E-state index contributed by atoms with van der Waals surface area (Å²) >= 11 is 1.58. The van der Waals surface area contributed by atoms with Gasteiger partial charge in [0.15, 0.2) is 0 Å². The minimum atomic E-state index is -0.146. The number of hydrogen-bond acceptors (Lipinski definition) is 4. The number of amides is 2. The summed E-state index contributed by atoms with van der Waals surface area (Å²) in [7, 11) is 1.61. The second kappa shape index (κ2) is 5.09. The highest BCUT2D eigenvalue weighted by molar-refractivity contribution is 7.08. The van der Waals surface area contributed by atoms with Crippen molar-refractivity contribution in [3.63, 3.8) is 0 Å². The third-order valence-corrected chi connectivity index (χ3v) is 4.06. The van der Waals surface area contributed by atoms with Crippen LogP contribution in [0, 0.1) is 0 Å². The first-order chi connectivity index (χ1) is 9.70. The zero-order valence-electron chi connectivity index (χ0n) is 10.9. The van der Waals surface area contributed by atoms with E-state index in [1.807, 2.05) is 21.4 Å². The first-order valence-corrected chi connectivity index (χ1v) is 7.23. The Balaban J connectivity index is 2.04. The van der Waals surface area contributed by atoms with Crippen molar-refractivity contribution in [1.82, 2.24) is 20.2 Å². The number of hydrogen-bond donors (Lipinski definition) is 2. The Kier molecular flexibility index (Phi) is 3.27. The van der Waals surface area contributed by atoms with Crippen LogP contribution in [-0.4, -0.2) is 35.0 Å². The number of nitrogens with zero attached hydrogens (tertiary/aromatic N) is 2. The summed E-state index contributed by atoms with van der Waals surface area (Å²) in [4.78, 5) is 27.9. The fourth-order valence-electron chi connectivity index (χ4n) is 2.38. The number of nitrogens with one attached hydrogen (secondary N) is 2. The number of aromatic nitrogens is 2. The zero-order valence-corrected chi connectivity index (χ0v) is 11.7. The maximum Gasteiger partial charge on any atom is 0.269 e. The number of thiophene rings is 1. The third-order valence-electron chi connectivity index (χ3n) is 3.37. The number of fused-ring (bicyclic) bond motifs is 1. The van der Waals surface area contributed by atoms with E-state index in [9.17, 15) is 9.59 Å². The Hall–Kier alpha value is -2.15. The highest BCUT2D eigenvalue weighted by Crippen LogP contribution is 2.29. The van der Waals surface area contributed by atoms with E-state index in [4.69, 9.17) is 0 Å². The molecule has 2 N–H and O–H groups in total. The Bertz CT molecular complexity index is 647. The van der Waals surface area contributed by atoms with E-state index in [1.54, 1.807) is 24.6 Å². The zero-order chi connectivity index (χ0) is 14.1. The molecule has 1 unspecified atom stereocenters. The van der Waals surface area contributed by atoms with Crippen molar-refractivity contribution in [2.75, 3.05) is 13.6 Å². The lowest BCUT2D eigenvalue weighted by Gasteiger charge is -2.26. The molecule has 6 nitrogen and oxygen atoms in total. The minimum Gasteiger partial charge on any atom is -0.359 e. The molecule has 2 aromatic heterocycles. The van der Waals surface area contributed by atoms with Gasteiger partial charge in [-0.25, -0.2) is 4.98 Å². The molecule has 2 amide bonds. The summed E-state index contributed by atoms with van der Waals surface area (Å²) in [5, 5.41) is 9.37. The number of imidazole rings is 1. The second-order valence-electron chi connectivity index (χ2n) is 4.59. The molecular formula is C13H14N4O2S. The van der Waals surface area contributed by atoms with E-state index >= 15 is 0 Å². The Morgan fingerprint density at radius 1 is 1.65 bits per heavy atom. The monoisotopic (exact) mass is 290 g/mol. The lowest BCUT2D eigenvalue weighted by molar-refractivity contribution is -0.121. The van der Waals surface area contributed by atoms with Crippen molar-refractivity contribution in [2.45, 2.75) is 12.5 Å². The first-order valence-electron chi connectivity index (χ1n) is 6.29. The molecule has 0 aromatic carbocycles. The van der Waals surface area contributed by atoms with E-state index in [-0.39, 0.29) is 17.9 Å². The molecule has 20 heavy (non-hydrogen) atoms. The van der Waals surface area contributed by atoms with Gasteiger partial charge in [-0.15, -0.1) is 0 Å². The Morgan fingerprint density at radius 2 is 2.50 bits per heavy atom. The molecule has 1 aliphatic heterocycles. The summed E-state index contributed by atoms with van der Waals surface area (Å²) < 4.78 is 1.87. The molecular weight excluding hydrogens is 276 g/mol. The van der Waals surface area contributed by atoms with E-state index in [0.717, 1.165) is 11.4 Å². The van der Waals surface area contributed by atoms with Gasteiger partial charge in [0, 0.05) is 31.0 Å². The van der Waals surface area contributed by atoms with Crippen LogP contribution in [0.5, 0.6) is 0 Å². The lowest BCUT2D eigenvalue weighted by atomic mass is 10.1. The van der Waals surface area contributed by atoms with Gasteiger partial charge in [0.25, 0.3) is 5.91 Å². The van der Waals surface area contributed by atoms with Crippen LogP contribution < -0.4 is 10.6 Å². The molecule has 1 aliphatic rings. The quantitative estimate of drug-likeness (QED) is 0.886. The molecule has 3 rings (SSSR count). The van der Waals surface area contributed by atoms with Crippen LogP contribution in [0.25, 0.3) is 11.4 Å². The number of rotatable bonds is 3. The van der Waals surface area contributed by atoms with E-state index in [1.165, 1.54) is 0 Å². The highest BCUT2D eigenvalue weighted by Gasteiger charge is 2.29. The summed E-state index contributed by atoms with van der Waals surface area (Å²) in [6.45, 7) is 0.437. The molecule has 104 valence electrons. The average molecular weight is 290 g/mol. The maximum absolute atomic E-state index is 11.9. The molecule has 0 saturated heterocycles. The summed E-state index contributed by atoms with van der Waals surface area (Å²) in [5.41, 5.74) is 1.48. The third kappa shape index (κ3) is 2.09. The van der Waals surface area contributed by atoms with Gasteiger partial charge < -0.3 is 15.2 Å². The molecule has 0 aliphatic carbocycles. The van der Waals surface area contributed by atoms with Crippen LogP contribution in [0.3, 0.4) is 0 Å². The van der Waals surface area contributed by atoms with Crippen molar-refractivity contribution in [1.29, 1.82) is 0 Å². The maximum atomic E-state index is 11.9. The first kappa shape index (κ1) is 12.9. The standard InChI is InChI=1S/C13H14N4O2S/c1-14-11(18)4-9-5-16-13(19)10-6-15-12(17(9)10)8-2-3-20-7-8/h2-3,6-7,9H,4-5H2,1H3,(H,14,18)(H,16,19). The van der Waals surface area contributed by atoms with Gasteiger partial charge >= 0.3 is 0 Å². The second-order valence-corrected chi connectivity index (χ2v) is 5.37. The molecule has 0 bridgehead atoms. The van der Waals surface area contributed by atoms with Gasteiger partial charge in [0.05, 0.1) is 12.2 Å². The SMILES string of the molecule is CNC(=O)CC1CNC(=O)c2cnc(-c3ccsc3)n21. The van der Waals surface area contributed by atoms with Gasteiger partial charge in [-0.1, -0.05) is 0 Å². The highest BCUT2D eigenvalue weighted by atomic mass is 32.1. The van der Waals surface area contributed by atoms with Crippen LogP contribution in [0.1, 0.15) is 23.0 Å². The topological polar surface area (TPSA) is 76.0 Å². The fourth-order valence-corrected chi connectivity index (χ4v) is 3.01. The molecule has 2 aromatic rings. The van der Waals surface area contributed by atoms with Crippen molar-refractivity contribution in [3.8, 4) is 11.4 Å². The van der Waals surface area contributed by atoms with Gasteiger partial charge in [0.2, 0.25) is 5.91 Å². The summed E-state index contributed by atoms with van der Waals surface area (Å²) in [6.07, 6.45) is 1.88. The molecule has 1 atom stereocenters. The summed E-state index contributed by atoms with van der Waals surface area (Å²) in [6, 6.07) is 1.85. The van der Waals surface area contributed by atoms with Crippen LogP contribution >= 0.6 is 11.3 Å². The van der Waals surface area contributed by atoms with Crippen molar-refractivity contribution in [2.24, 2.45) is 0 Å². The molecule has 0 spiro atoms. The molecule has 0 radical (unpaired) electrons. The van der Waals surface area contributed by atoms with Crippen molar-refractivity contribution in [3.05, 3.63) is 28.7 Å². The molecule has 0 saturated carbocycles. The van der Waals surface area contributed by atoms with Gasteiger partial charge in [-0.2, -0.15) is 11.3 Å². The molecule has 0 fully saturated rings. The van der Waals surface area contributed by atoms with Crippen LogP contribution in [0.2, 0.25) is 0 Å². The smallest absolute Gasteiger partial charge is 0.269 e. The van der Waals surface area contributed by atoms with Crippen molar-refractivity contribution >= 4 is 23.2 Å².